The summed E-state index contributed by atoms with van der Waals surface area (Å²) in [6.45, 7) is 0. The van der Waals surface area contributed by atoms with E-state index in [1.165, 1.54) is 12.3 Å². The average molecular weight is 124 g/mol. The van der Waals surface area contributed by atoms with Crippen LogP contribution in [-0.2, 0) is 4.79 Å². The monoisotopic (exact) mass is 124 g/mol. The first-order valence-corrected chi connectivity index (χ1v) is 2.68. The molecule has 0 aromatic rings. The van der Waals surface area contributed by atoms with E-state index in [4.69, 9.17) is 0 Å². The molecule has 1 aliphatic rings. The van der Waals surface area contributed by atoms with Gasteiger partial charge in [0.05, 0.1) is 0 Å². The average Bonchev–Trinajstić information content (AvgIpc) is 2.17. The fraction of sp³-hybridized carbons (Fsp3) is 0.286. The lowest BCUT2D eigenvalue weighted by Crippen LogP contribution is -1.80. The molecule has 46 valence electrons. The summed E-state index contributed by atoms with van der Waals surface area (Å²) in [6.07, 6.45) is 3.75. The molecule has 2 heteroatoms. The molecule has 0 fully saturated rings. The third kappa shape index (κ3) is 1.39. The highest BCUT2D eigenvalue weighted by molar-refractivity contribution is 5.93. The predicted molar refractivity (Wildman–Crippen MR) is 31.2 cm³/mol. The van der Waals surface area contributed by atoms with Crippen LogP contribution in [0, 0.1) is 12.1 Å². The normalized spacial score (nSPS) is 16.6. The molecular formula is C7H5FO. The molecule has 0 unspecified atom stereocenters. The lowest BCUT2D eigenvalue weighted by molar-refractivity contribution is -0.114. The Morgan fingerprint density at radius 1 is 1.56 bits per heavy atom. The van der Waals surface area contributed by atoms with Crippen LogP contribution < -0.4 is 0 Å². The van der Waals surface area contributed by atoms with Crippen molar-refractivity contribution in [2.75, 3.05) is 0 Å². The summed E-state index contributed by atoms with van der Waals surface area (Å²) in [4.78, 5) is 10.5. The second-order valence-corrected chi connectivity index (χ2v) is 1.86. The molecule has 9 heavy (non-hydrogen) atoms. The number of rotatable bonds is 0. The maximum atomic E-state index is 11.3. The third-order valence-corrected chi connectivity index (χ3v) is 1.18. The van der Waals surface area contributed by atoms with E-state index >= 15 is 0 Å². The Labute approximate surface area is 52.6 Å². The Morgan fingerprint density at radius 2 is 2.33 bits per heavy atom. The lowest BCUT2D eigenvalue weighted by Gasteiger charge is -1.78. The van der Waals surface area contributed by atoms with Crippen molar-refractivity contribution in [2.24, 2.45) is 0 Å². The molecule has 0 atom stereocenters. The summed E-state index contributed by atoms with van der Waals surface area (Å²) in [5, 5.41) is 0. The van der Waals surface area contributed by atoms with Crippen molar-refractivity contribution >= 4 is 5.78 Å². The van der Waals surface area contributed by atoms with Gasteiger partial charge in [-0.05, 0) is 18.4 Å². The minimum Gasteiger partial charge on any atom is -0.295 e. The highest BCUT2D eigenvalue weighted by Gasteiger charge is 2.08. The van der Waals surface area contributed by atoms with Crippen molar-refractivity contribution in [1.82, 2.24) is 0 Å². The Hall–Kier alpha value is -1.10. The third-order valence-electron chi connectivity index (χ3n) is 1.18. The summed E-state index contributed by atoms with van der Waals surface area (Å²) < 4.78 is 11.3. The fourth-order valence-corrected chi connectivity index (χ4v) is 0.756. The van der Waals surface area contributed by atoms with Gasteiger partial charge in [-0.3, -0.25) is 4.79 Å². The molecule has 0 saturated heterocycles. The molecule has 1 aliphatic carbocycles. The molecular weight excluding hydrogens is 119 g/mol. The highest BCUT2D eigenvalue weighted by Crippen LogP contribution is 2.12. The first-order valence-electron chi connectivity index (χ1n) is 2.68. The van der Waals surface area contributed by atoms with E-state index in [-0.39, 0.29) is 5.78 Å². The van der Waals surface area contributed by atoms with Gasteiger partial charge in [-0.15, -0.1) is 4.39 Å². The number of carbonyl (C=O) groups is 1. The standard InChI is InChI=1S/C7H5FO/c8-4-3-6-1-2-7(9)5-6/h5H,1-2H2. The Bertz CT molecular complexity index is 217. The van der Waals surface area contributed by atoms with Gasteiger partial charge in [0.25, 0.3) is 0 Å². The number of halogens is 1. The van der Waals surface area contributed by atoms with Gasteiger partial charge >= 0.3 is 0 Å². The SMILES string of the molecule is O=C1C=C(C#CF)CC1. The van der Waals surface area contributed by atoms with Crippen LogP contribution in [0.25, 0.3) is 0 Å². The van der Waals surface area contributed by atoms with Gasteiger partial charge < -0.3 is 0 Å². The van der Waals surface area contributed by atoms with Crippen LogP contribution in [0.3, 0.4) is 0 Å². The Balaban J connectivity index is 2.70. The predicted octanol–water partition coefficient (Wildman–Crippen LogP) is 1.21. The van der Waals surface area contributed by atoms with E-state index in [2.05, 4.69) is 5.92 Å². The van der Waals surface area contributed by atoms with Crippen LogP contribution in [0.4, 0.5) is 4.39 Å². The van der Waals surface area contributed by atoms with Crippen LogP contribution in [0.1, 0.15) is 12.8 Å². The van der Waals surface area contributed by atoms with Crippen molar-refractivity contribution in [3.63, 3.8) is 0 Å². The smallest absolute Gasteiger partial charge is 0.156 e. The summed E-state index contributed by atoms with van der Waals surface area (Å²) in [5.41, 5.74) is 0.613. The number of ketones is 1. The highest BCUT2D eigenvalue weighted by atomic mass is 19.1. The van der Waals surface area contributed by atoms with Crippen LogP contribution in [-0.4, -0.2) is 5.78 Å². The zero-order valence-electron chi connectivity index (χ0n) is 4.78. The lowest BCUT2D eigenvalue weighted by atomic mass is 10.2. The van der Waals surface area contributed by atoms with Crippen LogP contribution >= 0.6 is 0 Å². The molecule has 0 bridgehead atoms. The summed E-state index contributed by atoms with van der Waals surface area (Å²) >= 11 is 0. The van der Waals surface area contributed by atoms with Crippen LogP contribution in [0.5, 0.6) is 0 Å². The topological polar surface area (TPSA) is 17.1 Å². The van der Waals surface area contributed by atoms with Gasteiger partial charge in [-0.2, -0.15) is 0 Å². The van der Waals surface area contributed by atoms with Crippen molar-refractivity contribution in [1.29, 1.82) is 0 Å². The maximum Gasteiger partial charge on any atom is 0.156 e. The van der Waals surface area contributed by atoms with Gasteiger partial charge in [0.2, 0.25) is 0 Å². The Kier molecular flexibility index (Phi) is 1.64. The molecule has 0 amide bonds. The minimum absolute atomic E-state index is 0.0488. The van der Waals surface area contributed by atoms with Crippen molar-refractivity contribution in [3.8, 4) is 12.1 Å². The first kappa shape index (κ1) is 6.03. The molecule has 0 aromatic heterocycles. The fourth-order valence-electron chi connectivity index (χ4n) is 0.756. The van der Waals surface area contributed by atoms with Gasteiger partial charge in [0.15, 0.2) is 5.78 Å². The summed E-state index contributed by atoms with van der Waals surface area (Å²) in [5.74, 6) is 2.25. The molecule has 1 rings (SSSR count). The van der Waals surface area contributed by atoms with Gasteiger partial charge in [-0.25, -0.2) is 0 Å². The van der Waals surface area contributed by atoms with E-state index in [0.29, 0.717) is 18.4 Å². The van der Waals surface area contributed by atoms with E-state index in [0.717, 1.165) is 0 Å². The van der Waals surface area contributed by atoms with Gasteiger partial charge in [0.1, 0.15) is 6.17 Å². The van der Waals surface area contributed by atoms with Crippen molar-refractivity contribution in [2.45, 2.75) is 12.8 Å². The minimum atomic E-state index is 0.0488. The largest absolute Gasteiger partial charge is 0.295 e. The quantitative estimate of drug-likeness (QED) is 0.443. The molecule has 0 aromatic carbocycles. The molecule has 0 N–H and O–H groups in total. The van der Waals surface area contributed by atoms with Gasteiger partial charge in [0, 0.05) is 12.0 Å². The number of carbonyl (C=O) groups excluding carboxylic acids is 1. The van der Waals surface area contributed by atoms with Gasteiger partial charge in [-0.1, -0.05) is 0 Å². The Morgan fingerprint density at radius 3 is 2.78 bits per heavy atom. The molecule has 0 radical (unpaired) electrons. The molecule has 0 heterocycles. The molecule has 0 spiro atoms. The van der Waals surface area contributed by atoms with Crippen LogP contribution in [0.2, 0.25) is 0 Å². The summed E-state index contributed by atoms with van der Waals surface area (Å²) in [6, 6.07) is 0. The maximum absolute atomic E-state index is 11.3. The van der Waals surface area contributed by atoms with E-state index in [1.54, 1.807) is 0 Å². The molecule has 0 saturated carbocycles. The zero-order chi connectivity index (χ0) is 6.69. The van der Waals surface area contributed by atoms with E-state index in [1.807, 2.05) is 0 Å². The summed E-state index contributed by atoms with van der Waals surface area (Å²) in [7, 11) is 0. The number of hydrogen-bond acceptors (Lipinski definition) is 1. The van der Waals surface area contributed by atoms with Crippen LogP contribution in [0.15, 0.2) is 11.6 Å². The van der Waals surface area contributed by atoms with Crippen molar-refractivity contribution < 1.29 is 9.18 Å². The zero-order valence-corrected chi connectivity index (χ0v) is 4.78. The van der Waals surface area contributed by atoms with Crippen molar-refractivity contribution in [3.05, 3.63) is 11.6 Å². The number of hydrogen-bond donors (Lipinski definition) is 0. The van der Waals surface area contributed by atoms with E-state index in [9.17, 15) is 9.18 Å². The van der Waals surface area contributed by atoms with E-state index < -0.39 is 0 Å². The second kappa shape index (κ2) is 2.45. The molecule has 0 aliphatic heterocycles. The number of allylic oxidation sites excluding steroid dienone is 2. The first-order chi connectivity index (χ1) is 4.33. The molecule has 1 nitrogen and oxygen atoms in total. The second-order valence-electron chi connectivity index (χ2n) is 1.86.